The van der Waals surface area contributed by atoms with Crippen LogP contribution < -0.4 is 5.32 Å². The summed E-state index contributed by atoms with van der Waals surface area (Å²) >= 11 is 0. The van der Waals surface area contributed by atoms with Gasteiger partial charge < -0.3 is 5.32 Å². The van der Waals surface area contributed by atoms with Crippen molar-refractivity contribution in [2.24, 2.45) is 0 Å². The summed E-state index contributed by atoms with van der Waals surface area (Å²) in [5.74, 6) is 0.635. The lowest BCUT2D eigenvalue weighted by Gasteiger charge is -2.22. The van der Waals surface area contributed by atoms with Crippen LogP contribution in [-0.2, 0) is 0 Å². The van der Waals surface area contributed by atoms with E-state index in [1.807, 2.05) is 0 Å². The van der Waals surface area contributed by atoms with E-state index in [0.29, 0.717) is 12.0 Å². The molecule has 3 nitrogen and oxygen atoms in total. The smallest absolute Gasteiger partial charge is 0.0628 e. The fourth-order valence-electron chi connectivity index (χ4n) is 2.46. The molecule has 90 valence electrons. The van der Waals surface area contributed by atoms with E-state index in [2.05, 4.69) is 37.0 Å². The topological polar surface area (TPSA) is 29.9 Å². The minimum absolute atomic E-state index is 0.609. The van der Waals surface area contributed by atoms with Gasteiger partial charge in [0, 0.05) is 6.20 Å². The molecule has 1 fully saturated rings. The van der Waals surface area contributed by atoms with Crippen LogP contribution in [0, 0.1) is 6.92 Å². The van der Waals surface area contributed by atoms with Gasteiger partial charge in [0.05, 0.1) is 11.7 Å². The lowest BCUT2D eigenvalue weighted by atomic mass is 10.00. The summed E-state index contributed by atoms with van der Waals surface area (Å²) in [7, 11) is 0. The van der Waals surface area contributed by atoms with Crippen molar-refractivity contribution < 1.29 is 0 Å². The monoisotopic (exact) mass is 221 g/mol. The Balaban J connectivity index is 2.16. The summed E-state index contributed by atoms with van der Waals surface area (Å²) in [6, 6.07) is 0.609. The van der Waals surface area contributed by atoms with Gasteiger partial charge in [-0.2, -0.15) is 5.10 Å². The summed E-state index contributed by atoms with van der Waals surface area (Å²) in [6.45, 7) is 8.92. The molecular weight excluding hydrogens is 198 g/mol. The molecule has 3 heteroatoms. The Morgan fingerprint density at radius 3 is 2.81 bits per heavy atom. The van der Waals surface area contributed by atoms with Crippen molar-refractivity contribution in [2.45, 2.75) is 52.0 Å². The summed E-state index contributed by atoms with van der Waals surface area (Å²) in [4.78, 5) is 0. The van der Waals surface area contributed by atoms with Crippen molar-refractivity contribution in [2.75, 3.05) is 13.1 Å². The van der Waals surface area contributed by atoms with Gasteiger partial charge in [-0.05, 0) is 50.8 Å². The average molecular weight is 221 g/mol. The Morgan fingerprint density at radius 1 is 1.50 bits per heavy atom. The van der Waals surface area contributed by atoms with Crippen molar-refractivity contribution in [3.8, 4) is 0 Å². The molecule has 1 aliphatic heterocycles. The van der Waals surface area contributed by atoms with Gasteiger partial charge in [-0.1, -0.05) is 13.8 Å². The summed E-state index contributed by atoms with van der Waals surface area (Å²) in [6.07, 6.45) is 5.89. The van der Waals surface area contributed by atoms with Crippen LogP contribution in [0.2, 0.25) is 0 Å². The number of aromatic nitrogens is 2. The average Bonchev–Trinajstić information content (AvgIpc) is 2.71. The zero-order chi connectivity index (χ0) is 11.5. The molecule has 0 aromatic carbocycles. The fourth-order valence-corrected chi connectivity index (χ4v) is 2.46. The van der Waals surface area contributed by atoms with Gasteiger partial charge in [0.2, 0.25) is 0 Å². The maximum absolute atomic E-state index is 4.69. The van der Waals surface area contributed by atoms with Crippen LogP contribution in [0.5, 0.6) is 0 Å². The third kappa shape index (κ3) is 2.29. The molecule has 0 aliphatic carbocycles. The van der Waals surface area contributed by atoms with Crippen LogP contribution in [0.1, 0.15) is 56.3 Å². The molecule has 0 amide bonds. The van der Waals surface area contributed by atoms with Crippen molar-refractivity contribution in [1.82, 2.24) is 15.1 Å². The van der Waals surface area contributed by atoms with E-state index < -0.39 is 0 Å². The molecule has 0 spiro atoms. The van der Waals surface area contributed by atoms with Crippen molar-refractivity contribution in [3.63, 3.8) is 0 Å². The van der Waals surface area contributed by atoms with E-state index in [1.165, 1.54) is 30.5 Å². The Bertz CT molecular complexity index is 337. The van der Waals surface area contributed by atoms with E-state index in [0.717, 1.165) is 13.1 Å². The molecule has 0 radical (unpaired) electrons. The van der Waals surface area contributed by atoms with Gasteiger partial charge in [0.1, 0.15) is 0 Å². The van der Waals surface area contributed by atoms with Crippen LogP contribution in [0.4, 0.5) is 0 Å². The molecule has 0 bridgehead atoms. The number of nitrogens with one attached hydrogen (secondary N) is 1. The normalized spacial score (nSPS) is 19.9. The van der Waals surface area contributed by atoms with Gasteiger partial charge >= 0.3 is 0 Å². The molecule has 1 atom stereocenters. The molecule has 1 N–H and O–H groups in total. The van der Waals surface area contributed by atoms with E-state index in [9.17, 15) is 0 Å². The second kappa shape index (κ2) is 5.00. The number of piperidine rings is 1. The van der Waals surface area contributed by atoms with Crippen molar-refractivity contribution >= 4 is 0 Å². The SMILES string of the molecule is CCC(C)c1cn(C2CCNCC2)nc1C. The standard InChI is InChI=1S/C13H23N3/c1-4-10(2)13-9-16(15-11(13)3)12-5-7-14-8-6-12/h9-10,12,14H,4-8H2,1-3H3. The maximum atomic E-state index is 4.69. The third-order valence-electron chi connectivity index (χ3n) is 3.78. The molecule has 1 aromatic rings. The molecular formula is C13H23N3. The van der Waals surface area contributed by atoms with E-state index in [-0.39, 0.29) is 0 Å². The first kappa shape index (κ1) is 11.6. The number of aryl methyl sites for hydroxylation is 1. The first-order valence-corrected chi connectivity index (χ1v) is 6.48. The number of hydrogen-bond acceptors (Lipinski definition) is 2. The minimum Gasteiger partial charge on any atom is -0.317 e. The van der Waals surface area contributed by atoms with Gasteiger partial charge in [-0.15, -0.1) is 0 Å². The van der Waals surface area contributed by atoms with E-state index >= 15 is 0 Å². The minimum atomic E-state index is 0.609. The Labute approximate surface area is 98.2 Å². The summed E-state index contributed by atoms with van der Waals surface area (Å²) in [5.41, 5.74) is 2.65. The second-order valence-corrected chi connectivity index (χ2v) is 4.94. The Hall–Kier alpha value is -0.830. The molecule has 1 aliphatic rings. The predicted octanol–water partition coefficient (Wildman–Crippen LogP) is 2.63. The van der Waals surface area contributed by atoms with Crippen LogP contribution in [0.15, 0.2) is 6.20 Å². The summed E-state index contributed by atoms with van der Waals surface area (Å²) in [5, 5.41) is 8.09. The van der Waals surface area contributed by atoms with Gasteiger partial charge in [0.15, 0.2) is 0 Å². The molecule has 16 heavy (non-hydrogen) atoms. The highest BCUT2D eigenvalue weighted by atomic mass is 15.3. The highest BCUT2D eigenvalue weighted by Crippen LogP contribution is 2.25. The van der Waals surface area contributed by atoms with E-state index in [1.54, 1.807) is 0 Å². The quantitative estimate of drug-likeness (QED) is 0.850. The predicted molar refractivity (Wildman–Crippen MR) is 66.8 cm³/mol. The number of nitrogens with zero attached hydrogens (tertiary/aromatic N) is 2. The van der Waals surface area contributed by atoms with Crippen LogP contribution in [-0.4, -0.2) is 22.9 Å². The first-order valence-electron chi connectivity index (χ1n) is 6.48. The van der Waals surface area contributed by atoms with Gasteiger partial charge in [0.25, 0.3) is 0 Å². The highest BCUT2D eigenvalue weighted by molar-refractivity contribution is 5.20. The van der Waals surface area contributed by atoms with Gasteiger partial charge in [-0.25, -0.2) is 0 Å². The Morgan fingerprint density at radius 2 is 2.19 bits per heavy atom. The van der Waals surface area contributed by atoms with Crippen LogP contribution in [0.3, 0.4) is 0 Å². The largest absolute Gasteiger partial charge is 0.317 e. The van der Waals surface area contributed by atoms with Gasteiger partial charge in [-0.3, -0.25) is 4.68 Å². The molecule has 2 heterocycles. The zero-order valence-electron chi connectivity index (χ0n) is 10.7. The lowest BCUT2D eigenvalue weighted by Crippen LogP contribution is -2.29. The molecule has 1 unspecified atom stereocenters. The van der Waals surface area contributed by atoms with Crippen molar-refractivity contribution in [3.05, 3.63) is 17.5 Å². The van der Waals surface area contributed by atoms with E-state index in [4.69, 9.17) is 5.10 Å². The maximum Gasteiger partial charge on any atom is 0.0628 e. The Kier molecular flexibility index (Phi) is 3.64. The molecule has 2 rings (SSSR count). The number of rotatable bonds is 3. The summed E-state index contributed by atoms with van der Waals surface area (Å²) < 4.78 is 2.21. The third-order valence-corrected chi connectivity index (χ3v) is 3.78. The second-order valence-electron chi connectivity index (χ2n) is 4.94. The first-order chi connectivity index (χ1) is 7.72. The number of hydrogen-bond donors (Lipinski definition) is 1. The molecule has 1 aromatic heterocycles. The fraction of sp³-hybridized carbons (Fsp3) is 0.769. The lowest BCUT2D eigenvalue weighted by molar-refractivity contribution is 0.342. The highest BCUT2D eigenvalue weighted by Gasteiger charge is 2.18. The van der Waals surface area contributed by atoms with Crippen LogP contribution >= 0.6 is 0 Å². The molecule has 0 saturated carbocycles. The molecule has 1 saturated heterocycles. The van der Waals surface area contributed by atoms with Crippen molar-refractivity contribution in [1.29, 1.82) is 0 Å². The van der Waals surface area contributed by atoms with Crippen LogP contribution in [0.25, 0.3) is 0 Å². The zero-order valence-corrected chi connectivity index (χ0v) is 10.7.